The number of alkyl halides is 1. The molecule has 0 aliphatic heterocycles. The maximum absolute atomic E-state index is 11.8. The summed E-state index contributed by atoms with van der Waals surface area (Å²) in [7, 11) is 1.49. The van der Waals surface area contributed by atoms with Crippen molar-refractivity contribution < 1.29 is 14.3 Å². The largest absolute Gasteiger partial charge is 0.489 e. The highest BCUT2D eigenvalue weighted by molar-refractivity contribution is 6.21. The number of aromatic nitrogens is 2. The second-order valence-corrected chi connectivity index (χ2v) is 10.3. The summed E-state index contributed by atoms with van der Waals surface area (Å²) in [5.74, 6) is 1.49. The first kappa shape index (κ1) is 33.0. The van der Waals surface area contributed by atoms with Crippen LogP contribution in [-0.4, -0.2) is 41.0 Å². The zero-order chi connectivity index (χ0) is 29.5. The molecular weight excluding hydrogens is 522 g/mol. The Kier molecular flexibility index (Phi) is 14.4. The van der Waals surface area contributed by atoms with Crippen molar-refractivity contribution in [1.29, 1.82) is 0 Å². The molecule has 2 unspecified atom stereocenters. The van der Waals surface area contributed by atoms with Crippen molar-refractivity contribution in [3.63, 3.8) is 0 Å². The molecule has 0 fully saturated rings. The first-order valence-electron chi connectivity index (χ1n) is 13.8. The highest BCUT2D eigenvalue weighted by Gasteiger charge is 2.17. The van der Waals surface area contributed by atoms with Crippen molar-refractivity contribution >= 4 is 23.0 Å². The fourth-order valence-corrected chi connectivity index (χ4v) is 4.00. The van der Waals surface area contributed by atoms with Crippen molar-refractivity contribution in [3.8, 4) is 5.75 Å². The Morgan fingerprint density at radius 2 is 1.88 bits per heavy atom. The maximum atomic E-state index is 11.8. The van der Waals surface area contributed by atoms with Gasteiger partial charge in [-0.3, -0.25) is 4.79 Å². The smallest absolute Gasteiger partial charge is 0.187 e. The van der Waals surface area contributed by atoms with Crippen LogP contribution in [0.15, 0.2) is 84.6 Å². The molecule has 1 aromatic heterocycles. The van der Waals surface area contributed by atoms with E-state index < -0.39 is 0 Å². The summed E-state index contributed by atoms with van der Waals surface area (Å²) in [6, 6.07) is 7.72. The number of unbranched alkanes of at least 4 members (excludes halogenated alkanes) is 1. The fraction of sp³-hybridized carbons (Fsp3) is 0.394. The van der Waals surface area contributed by atoms with Gasteiger partial charge < -0.3 is 19.8 Å². The van der Waals surface area contributed by atoms with E-state index in [1.54, 1.807) is 6.08 Å². The van der Waals surface area contributed by atoms with Crippen LogP contribution in [0.5, 0.6) is 5.75 Å². The number of ether oxygens (including phenoxy) is 2. The second kappa shape index (κ2) is 17.5. The van der Waals surface area contributed by atoms with Gasteiger partial charge in [-0.2, -0.15) is 0 Å². The van der Waals surface area contributed by atoms with E-state index in [0.29, 0.717) is 18.6 Å². The van der Waals surface area contributed by atoms with E-state index in [4.69, 9.17) is 31.8 Å². The monoisotopic (exact) mass is 565 g/mol. The van der Waals surface area contributed by atoms with Gasteiger partial charge in [0.15, 0.2) is 5.78 Å². The number of ketones is 1. The van der Waals surface area contributed by atoms with Gasteiger partial charge in [-0.05, 0) is 62.5 Å². The summed E-state index contributed by atoms with van der Waals surface area (Å²) in [4.78, 5) is 16.8. The van der Waals surface area contributed by atoms with Crippen LogP contribution >= 0.6 is 11.6 Å². The molecule has 40 heavy (non-hydrogen) atoms. The molecule has 0 bridgehead atoms. The minimum Gasteiger partial charge on any atom is -0.489 e. The lowest BCUT2D eigenvalue weighted by Crippen LogP contribution is -2.19. The maximum Gasteiger partial charge on any atom is 0.187 e. The molecule has 0 spiro atoms. The number of benzene rings is 1. The van der Waals surface area contributed by atoms with Gasteiger partial charge in [0.05, 0.1) is 11.7 Å². The molecule has 0 radical (unpaired) electrons. The summed E-state index contributed by atoms with van der Waals surface area (Å²) >= 11 is 6.12. The molecule has 7 heteroatoms. The van der Waals surface area contributed by atoms with Crippen LogP contribution in [0.2, 0.25) is 0 Å². The normalized spacial score (nSPS) is 14.2. The molecule has 6 nitrogen and oxygen atoms in total. The minimum absolute atomic E-state index is 0.0186. The number of aryl methyl sites for hydroxylation is 1. The Morgan fingerprint density at radius 1 is 1.15 bits per heavy atom. The van der Waals surface area contributed by atoms with E-state index in [2.05, 4.69) is 24.3 Å². The van der Waals surface area contributed by atoms with Crippen LogP contribution in [0, 0.1) is 0 Å². The van der Waals surface area contributed by atoms with Crippen molar-refractivity contribution in [1.82, 2.24) is 9.55 Å². The Balaban J connectivity index is 2.07. The molecule has 216 valence electrons. The number of hydrogen-bond acceptors (Lipinski definition) is 5. The number of carbonyl (C=O) groups is 1. The highest BCUT2D eigenvalue weighted by atomic mass is 35.5. The number of rotatable bonds is 17. The Labute approximate surface area is 244 Å². The zero-order valence-electron chi connectivity index (χ0n) is 24.5. The van der Waals surface area contributed by atoms with E-state index in [-0.39, 0.29) is 23.8 Å². The molecular formula is C33H44ClN3O3. The molecule has 0 amide bonds. The van der Waals surface area contributed by atoms with E-state index >= 15 is 0 Å². The molecule has 0 aliphatic rings. The SMILES string of the molecule is C=C(/C=C\C(=C/C)COc1ccc(CC(N)c2nc(C(/C=C\C(C)Cl)=C/C)cn2CCCC)cc1)C(=O)COC. The molecule has 1 aromatic carbocycles. The fourth-order valence-electron chi connectivity index (χ4n) is 3.92. The van der Waals surface area contributed by atoms with Gasteiger partial charge in [0.25, 0.3) is 0 Å². The van der Waals surface area contributed by atoms with E-state index in [1.165, 1.54) is 7.11 Å². The van der Waals surface area contributed by atoms with Crippen LogP contribution < -0.4 is 10.5 Å². The Hall–Kier alpha value is -3.19. The van der Waals surface area contributed by atoms with Gasteiger partial charge in [-0.25, -0.2) is 4.98 Å². The summed E-state index contributed by atoms with van der Waals surface area (Å²) < 4.78 is 13.0. The summed E-state index contributed by atoms with van der Waals surface area (Å²) in [6.45, 7) is 13.1. The number of carbonyl (C=O) groups excluding carboxylic acids is 1. The molecule has 2 atom stereocenters. The Morgan fingerprint density at radius 3 is 2.48 bits per heavy atom. The lowest BCUT2D eigenvalue weighted by Gasteiger charge is -2.14. The number of nitrogens with zero attached hydrogens (tertiary/aromatic N) is 2. The summed E-state index contributed by atoms with van der Waals surface area (Å²) in [5.41, 5.74) is 11.1. The standard InChI is InChI=1S/C33H44ClN3O3/c1-7-10-19-37-21-31(28(9-3)16-12-25(5)34)36-33(37)30(35)20-27-14-17-29(18-15-27)40-22-26(8-2)13-11-24(4)32(38)23-39-6/h8-9,11-18,21,25,30H,4,7,10,19-20,22-23,35H2,1-3,5-6H3/b13-11-,16-12-,26-8+,28-9+. The quantitative estimate of drug-likeness (QED) is 0.125. The number of hydrogen-bond donors (Lipinski definition) is 1. The molecule has 0 aliphatic carbocycles. The third kappa shape index (κ3) is 10.8. The zero-order valence-corrected chi connectivity index (χ0v) is 25.3. The first-order valence-corrected chi connectivity index (χ1v) is 14.2. The predicted octanol–water partition coefficient (Wildman–Crippen LogP) is 7.17. The van der Waals surface area contributed by atoms with Crippen molar-refractivity contribution in [2.24, 2.45) is 5.73 Å². The number of allylic oxidation sites excluding steroid dienone is 6. The molecule has 2 aromatic rings. The molecule has 2 N–H and O–H groups in total. The van der Waals surface area contributed by atoms with Crippen LogP contribution in [-0.2, 0) is 22.5 Å². The number of nitrogens with two attached hydrogens (primary N) is 1. The van der Waals surface area contributed by atoms with Gasteiger partial charge in [-0.1, -0.05) is 68.5 Å². The van der Waals surface area contributed by atoms with E-state index in [9.17, 15) is 4.79 Å². The number of Topliss-reactive ketones (excluding diaryl/α,β-unsaturated/α-hetero) is 1. The van der Waals surface area contributed by atoms with Crippen molar-refractivity contribution in [2.75, 3.05) is 20.3 Å². The second-order valence-electron chi connectivity index (χ2n) is 9.63. The molecule has 2 rings (SSSR count). The van der Waals surface area contributed by atoms with E-state index in [1.807, 2.05) is 75.4 Å². The summed E-state index contributed by atoms with van der Waals surface area (Å²) in [5, 5.41) is -0.0522. The van der Waals surface area contributed by atoms with E-state index in [0.717, 1.165) is 53.4 Å². The number of methoxy groups -OCH3 is 1. The predicted molar refractivity (Wildman–Crippen MR) is 167 cm³/mol. The molecule has 1 heterocycles. The van der Waals surface area contributed by atoms with Crippen molar-refractivity contribution in [2.45, 2.75) is 64.9 Å². The first-order chi connectivity index (χ1) is 19.2. The average Bonchev–Trinajstić information content (AvgIpc) is 3.37. The molecule has 0 saturated heterocycles. The lowest BCUT2D eigenvalue weighted by atomic mass is 10.1. The third-order valence-electron chi connectivity index (χ3n) is 6.33. The minimum atomic E-state index is -0.250. The van der Waals surface area contributed by atoms with Crippen molar-refractivity contribution in [3.05, 3.63) is 102 Å². The van der Waals surface area contributed by atoms with Crippen LogP contribution in [0.1, 0.15) is 63.7 Å². The average molecular weight is 566 g/mol. The Bertz CT molecular complexity index is 1220. The van der Waals surface area contributed by atoms with Gasteiger partial charge >= 0.3 is 0 Å². The van der Waals surface area contributed by atoms with Gasteiger partial charge in [0.2, 0.25) is 0 Å². The lowest BCUT2D eigenvalue weighted by molar-refractivity contribution is -0.118. The number of halogens is 1. The highest BCUT2D eigenvalue weighted by Crippen LogP contribution is 2.23. The molecule has 0 saturated carbocycles. The van der Waals surface area contributed by atoms with Gasteiger partial charge in [0.1, 0.15) is 24.8 Å². The summed E-state index contributed by atoms with van der Waals surface area (Å²) in [6.07, 6.45) is 16.4. The van der Waals surface area contributed by atoms with Gasteiger partial charge in [-0.15, -0.1) is 11.6 Å². The number of imidazole rings is 1. The topological polar surface area (TPSA) is 79.4 Å². The van der Waals surface area contributed by atoms with Crippen LogP contribution in [0.4, 0.5) is 0 Å². The third-order valence-corrected chi connectivity index (χ3v) is 6.47. The van der Waals surface area contributed by atoms with Crippen LogP contribution in [0.25, 0.3) is 5.57 Å². The van der Waals surface area contributed by atoms with Crippen LogP contribution in [0.3, 0.4) is 0 Å². The van der Waals surface area contributed by atoms with Gasteiger partial charge in [0, 0.05) is 30.8 Å².